The molecule has 0 aliphatic carbocycles. The van der Waals surface area contributed by atoms with Crippen LogP contribution in [0.4, 0.5) is 0 Å². The summed E-state index contributed by atoms with van der Waals surface area (Å²) in [7, 11) is 0. The van der Waals surface area contributed by atoms with E-state index in [1.54, 1.807) is 30.3 Å². The molecule has 12 nitrogen and oxygen atoms in total. The Morgan fingerprint density at radius 3 is 1.78 bits per heavy atom. The highest BCUT2D eigenvalue weighted by Crippen LogP contribution is 2.12. The Labute approximate surface area is 213 Å². The van der Waals surface area contributed by atoms with Gasteiger partial charge in [0.25, 0.3) is 0 Å². The van der Waals surface area contributed by atoms with Crippen molar-refractivity contribution in [2.75, 3.05) is 6.61 Å². The molecule has 37 heavy (non-hydrogen) atoms. The van der Waals surface area contributed by atoms with Gasteiger partial charge in [0.15, 0.2) is 6.04 Å². The molecule has 0 bridgehead atoms. The number of phenolic OH excluding ortho intramolecular Hbond substituents is 1. The molecule has 200 valence electrons. The fourth-order valence-electron chi connectivity index (χ4n) is 3.41. The van der Waals surface area contributed by atoms with E-state index in [0.717, 1.165) is 0 Å². The number of nitrogens with two attached hydrogens (primary N) is 1. The van der Waals surface area contributed by atoms with Crippen molar-refractivity contribution in [1.29, 1.82) is 0 Å². The van der Waals surface area contributed by atoms with Gasteiger partial charge in [-0.2, -0.15) is 0 Å². The zero-order valence-electron chi connectivity index (χ0n) is 20.2. The Bertz CT molecular complexity index is 1060. The maximum absolute atomic E-state index is 13.3. The van der Waals surface area contributed by atoms with Crippen LogP contribution in [0.25, 0.3) is 0 Å². The molecule has 0 aromatic heterocycles. The fraction of sp³-hybridized carbons (Fsp3) is 0.360. The highest BCUT2D eigenvalue weighted by Gasteiger charge is 2.32. The molecule has 0 saturated heterocycles. The largest absolute Gasteiger partial charge is 0.508 e. The topological polar surface area (TPSA) is 211 Å². The molecule has 0 radical (unpaired) electrons. The van der Waals surface area contributed by atoms with Crippen LogP contribution in [-0.2, 0) is 32.0 Å². The van der Waals surface area contributed by atoms with Gasteiger partial charge in [0.05, 0.1) is 12.7 Å². The second-order valence-corrected chi connectivity index (χ2v) is 8.54. The predicted molar refractivity (Wildman–Crippen MR) is 132 cm³/mol. The van der Waals surface area contributed by atoms with E-state index >= 15 is 0 Å². The van der Waals surface area contributed by atoms with E-state index in [0.29, 0.717) is 11.1 Å². The number of aliphatic hydroxyl groups is 2. The van der Waals surface area contributed by atoms with Crippen LogP contribution in [-0.4, -0.2) is 81.0 Å². The summed E-state index contributed by atoms with van der Waals surface area (Å²) in [5.74, 6) is -3.90. The molecule has 2 aromatic carbocycles. The summed E-state index contributed by atoms with van der Waals surface area (Å²) in [4.78, 5) is 50.1. The van der Waals surface area contributed by atoms with E-state index in [-0.39, 0.29) is 18.6 Å². The first-order valence-electron chi connectivity index (χ1n) is 11.5. The molecule has 5 atom stereocenters. The first-order chi connectivity index (χ1) is 17.5. The van der Waals surface area contributed by atoms with E-state index < -0.39 is 60.6 Å². The molecule has 2 rings (SSSR count). The summed E-state index contributed by atoms with van der Waals surface area (Å²) in [6, 6.07) is 9.16. The van der Waals surface area contributed by atoms with Crippen molar-refractivity contribution in [2.24, 2.45) is 5.73 Å². The number of rotatable bonds is 13. The smallest absolute Gasteiger partial charge is 0.328 e. The summed E-state index contributed by atoms with van der Waals surface area (Å²) in [6.07, 6.45) is -1.47. The summed E-state index contributed by atoms with van der Waals surface area (Å²) in [5.41, 5.74) is 6.81. The average molecular weight is 517 g/mol. The van der Waals surface area contributed by atoms with Crippen molar-refractivity contribution in [3.8, 4) is 5.75 Å². The van der Waals surface area contributed by atoms with E-state index in [9.17, 15) is 39.6 Å². The van der Waals surface area contributed by atoms with Crippen molar-refractivity contribution in [2.45, 2.75) is 50.0 Å². The van der Waals surface area contributed by atoms with Crippen LogP contribution < -0.4 is 21.7 Å². The Morgan fingerprint density at radius 2 is 1.30 bits per heavy atom. The third-order valence-electron chi connectivity index (χ3n) is 5.50. The van der Waals surface area contributed by atoms with E-state index in [1.165, 1.54) is 31.2 Å². The summed E-state index contributed by atoms with van der Waals surface area (Å²) in [6.45, 7) is 0.551. The Kier molecular flexibility index (Phi) is 11.0. The number of aliphatic carboxylic acids is 1. The summed E-state index contributed by atoms with van der Waals surface area (Å²) < 4.78 is 0. The molecule has 9 N–H and O–H groups in total. The molecule has 0 aliphatic rings. The van der Waals surface area contributed by atoms with Crippen LogP contribution in [0, 0.1) is 0 Å². The van der Waals surface area contributed by atoms with E-state index in [1.807, 2.05) is 0 Å². The number of carbonyl (C=O) groups is 4. The molecule has 0 spiro atoms. The van der Waals surface area contributed by atoms with Crippen molar-refractivity contribution < 1.29 is 39.6 Å². The number of nitrogens with one attached hydrogen (secondary N) is 3. The van der Waals surface area contributed by atoms with Gasteiger partial charge >= 0.3 is 5.97 Å². The number of carboxylic acid groups (broad SMARTS) is 1. The zero-order valence-corrected chi connectivity index (χ0v) is 20.2. The van der Waals surface area contributed by atoms with Crippen LogP contribution in [0.3, 0.4) is 0 Å². The Hall–Kier alpha value is -4.00. The summed E-state index contributed by atoms with van der Waals surface area (Å²) >= 11 is 0. The van der Waals surface area contributed by atoms with Gasteiger partial charge < -0.3 is 42.1 Å². The van der Waals surface area contributed by atoms with Crippen molar-refractivity contribution >= 4 is 23.7 Å². The van der Waals surface area contributed by atoms with Gasteiger partial charge in [-0.15, -0.1) is 0 Å². The van der Waals surface area contributed by atoms with Crippen LogP contribution in [0.15, 0.2) is 54.6 Å². The molecule has 2 aromatic rings. The predicted octanol–water partition coefficient (Wildman–Crippen LogP) is -1.58. The number of benzene rings is 2. The third-order valence-corrected chi connectivity index (χ3v) is 5.50. The van der Waals surface area contributed by atoms with Crippen molar-refractivity contribution in [3.63, 3.8) is 0 Å². The molecule has 3 amide bonds. The number of phenols is 1. The van der Waals surface area contributed by atoms with Crippen molar-refractivity contribution in [3.05, 3.63) is 65.7 Å². The van der Waals surface area contributed by atoms with Gasteiger partial charge in [-0.05, 0) is 30.2 Å². The monoisotopic (exact) mass is 516 g/mol. The van der Waals surface area contributed by atoms with E-state index in [2.05, 4.69) is 16.0 Å². The van der Waals surface area contributed by atoms with Gasteiger partial charge in [0.2, 0.25) is 17.7 Å². The normalized spacial score (nSPS) is 14.9. The number of amides is 3. The molecule has 0 fully saturated rings. The first kappa shape index (κ1) is 29.2. The van der Waals surface area contributed by atoms with Crippen LogP contribution >= 0.6 is 0 Å². The molecule has 0 heterocycles. The summed E-state index contributed by atoms with van der Waals surface area (Å²) in [5, 5.41) is 45.1. The van der Waals surface area contributed by atoms with Crippen molar-refractivity contribution in [1.82, 2.24) is 16.0 Å². The molecular weight excluding hydrogens is 484 g/mol. The van der Waals surface area contributed by atoms with Gasteiger partial charge in [-0.25, -0.2) is 4.79 Å². The lowest BCUT2D eigenvalue weighted by Gasteiger charge is -2.26. The maximum Gasteiger partial charge on any atom is 0.328 e. The van der Waals surface area contributed by atoms with Crippen LogP contribution in [0.5, 0.6) is 5.75 Å². The highest BCUT2D eigenvalue weighted by atomic mass is 16.4. The number of aromatic hydroxyl groups is 1. The number of carboxylic acids is 1. The quantitative estimate of drug-likeness (QED) is 0.154. The number of hydrogen-bond donors (Lipinski definition) is 8. The number of carbonyl (C=O) groups excluding carboxylic acids is 3. The Balaban J connectivity index is 2.31. The number of aliphatic hydroxyl groups excluding tert-OH is 2. The second kappa shape index (κ2) is 13.9. The van der Waals surface area contributed by atoms with Crippen LogP contribution in [0.2, 0.25) is 0 Å². The van der Waals surface area contributed by atoms with Crippen LogP contribution in [0.1, 0.15) is 18.1 Å². The first-order valence-corrected chi connectivity index (χ1v) is 11.5. The van der Waals surface area contributed by atoms with E-state index in [4.69, 9.17) is 5.73 Å². The molecule has 12 heteroatoms. The lowest BCUT2D eigenvalue weighted by molar-refractivity contribution is -0.145. The zero-order chi connectivity index (χ0) is 27.5. The van der Waals surface area contributed by atoms with Gasteiger partial charge in [-0.1, -0.05) is 42.5 Å². The number of hydrogen-bond acceptors (Lipinski definition) is 8. The standard InChI is InChI=1S/C25H32N4O8/c1-14(31)21(25(36)37)29-24(35)20(12-16-7-9-17(32)10-8-16)28-23(34)19(27-22(33)18(26)13-30)11-15-5-3-2-4-6-15/h2-10,14,18-21,30-32H,11-13,26H2,1H3,(H,27,33)(H,28,34)(H,29,35)(H,36,37). The van der Waals surface area contributed by atoms with Gasteiger partial charge in [0.1, 0.15) is 23.9 Å². The molecule has 0 saturated carbocycles. The second-order valence-electron chi connectivity index (χ2n) is 8.54. The SMILES string of the molecule is CC(O)C(NC(=O)C(Cc1ccc(O)cc1)NC(=O)C(Cc1ccccc1)NC(=O)C(N)CO)C(=O)O. The molecular formula is C25H32N4O8. The minimum absolute atomic E-state index is 0.0142. The average Bonchev–Trinajstić information content (AvgIpc) is 2.87. The minimum Gasteiger partial charge on any atom is -0.508 e. The minimum atomic E-state index is -1.63. The maximum atomic E-state index is 13.3. The molecule has 0 aliphatic heterocycles. The fourth-order valence-corrected chi connectivity index (χ4v) is 3.41. The lowest BCUT2D eigenvalue weighted by Crippen LogP contribution is -2.59. The molecule has 5 unspecified atom stereocenters. The van der Waals surface area contributed by atoms with Gasteiger partial charge in [-0.3, -0.25) is 14.4 Å². The highest BCUT2D eigenvalue weighted by molar-refractivity contribution is 5.94. The lowest BCUT2D eigenvalue weighted by atomic mass is 10.0. The Morgan fingerprint density at radius 1 is 0.811 bits per heavy atom. The third kappa shape index (κ3) is 9.18. The van der Waals surface area contributed by atoms with Gasteiger partial charge in [0, 0.05) is 12.8 Å².